The zero-order valence-electron chi connectivity index (χ0n) is 14.4. The molecule has 1 aromatic carbocycles. The van der Waals surface area contributed by atoms with Gasteiger partial charge in [-0.3, -0.25) is 4.79 Å². The van der Waals surface area contributed by atoms with E-state index in [-0.39, 0.29) is 5.91 Å². The number of hydrogen-bond acceptors (Lipinski definition) is 4. The minimum Gasteiger partial charge on any atom is -0.497 e. The second-order valence-electron chi connectivity index (χ2n) is 5.69. The van der Waals surface area contributed by atoms with Crippen LogP contribution in [0.15, 0.2) is 36.5 Å². The number of benzene rings is 1. The molecule has 0 radical (unpaired) electrons. The average Bonchev–Trinajstić information content (AvgIpc) is 2.61. The Bertz CT molecular complexity index is 817. The molecule has 0 aliphatic rings. The lowest BCUT2D eigenvalue weighted by molar-refractivity contribution is 0.0924. The van der Waals surface area contributed by atoms with E-state index >= 15 is 0 Å². The molecular formula is C19H20FN3O2. The third-order valence-electron chi connectivity index (χ3n) is 3.84. The van der Waals surface area contributed by atoms with Gasteiger partial charge in [-0.15, -0.1) is 6.42 Å². The van der Waals surface area contributed by atoms with Crippen molar-refractivity contribution in [2.24, 2.45) is 0 Å². The van der Waals surface area contributed by atoms with Crippen molar-refractivity contribution < 1.29 is 13.9 Å². The zero-order chi connectivity index (χ0) is 18.4. The highest BCUT2D eigenvalue weighted by Gasteiger charge is 2.23. The second kappa shape index (κ2) is 7.67. The largest absolute Gasteiger partial charge is 0.497 e. The van der Waals surface area contributed by atoms with Crippen LogP contribution < -0.4 is 15.4 Å². The Morgan fingerprint density at radius 1 is 1.44 bits per heavy atom. The summed E-state index contributed by atoms with van der Waals surface area (Å²) in [6.45, 7) is 3.66. The van der Waals surface area contributed by atoms with E-state index in [1.54, 1.807) is 25.1 Å². The van der Waals surface area contributed by atoms with Crippen molar-refractivity contribution in [2.75, 3.05) is 12.4 Å². The average molecular weight is 341 g/mol. The predicted molar refractivity (Wildman–Crippen MR) is 95.5 cm³/mol. The Labute approximate surface area is 146 Å². The van der Waals surface area contributed by atoms with E-state index in [1.165, 1.54) is 25.4 Å². The summed E-state index contributed by atoms with van der Waals surface area (Å²) in [6, 6.07) is 7.42. The van der Waals surface area contributed by atoms with Gasteiger partial charge in [0.15, 0.2) is 0 Å². The first-order chi connectivity index (χ1) is 11.9. The summed E-state index contributed by atoms with van der Waals surface area (Å²) in [5.41, 5.74) is -0.0350. The molecule has 0 saturated carbocycles. The number of hydrogen-bond donors (Lipinski definition) is 2. The van der Waals surface area contributed by atoms with Crippen LogP contribution in [0.1, 0.15) is 30.6 Å². The standard InChI is InChI=1S/C19H20FN3O2/c1-5-19(3,6-2)23-18(24)16-8-7-9-21-17(16)22-14-10-13(20)11-15(12-14)25-4/h1,7-12H,6H2,2-4H3,(H,21,22)(H,23,24)/t19-/m0/s1. The van der Waals surface area contributed by atoms with Gasteiger partial charge in [-0.2, -0.15) is 0 Å². The minimum atomic E-state index is -0.758. The molecule has 5 nitrogen and oxygen atoms in total. The van der Waals surface area contributed by atoms with E-state index in [2.05, 4.69) is 21.5 Å². The van der Waals surface area contributed by atoms with Crippen molar-refractivity contribution in [3.63, 3.8) is 0 Å². The fourth-order valence-electron chi connectivity index (χ4n) is 2.12. The fourth-order valence-corrected chi connectivity index (χ4v) is 2.12. The summed E-state index contributed by atoms with van der Waals surface area (Å²) in [7, 11) is 1.45. The van der Waals surface area contributed by atoms with Gasteiger partial charge < -0.3 is 15.4 Å². The van der Waals surface area contributed by atoms with Gasteiger partial charge in [0.05, 0.1) is 18.2 Å². The maximum Gasteiger partial charge on any atom is 0.256 e. The molecule has 0 aliphatic heterocycles. The first-order valence-corrected chi connectivity index (χ1v) is 7.77. The van der Waals surface area contributed by atoms with Gasteiger partial charge >= 0.3 is 0 Å². The first-order valence-electron chi connectivity index (χ1n) is 7.77. The number of carbonyl (C=O) groups is 1. The molecule has 0 fully saturated rings. The monoisotopic (exact) mass is 341 g/mol. The Morgan fingerprint density at radius 2 is 2.20 bits per heavy atom. The summed E-state index contributed by atoms with van der Waals surface area (Å²) in [5, 5.41) is 5.76. The van der Waals surface area contributed by atoms with E-state index in [9.17, 15) is 9.18 Å². The van der Waals surface area contributed by atoms with Gasteiger partial charge in [-0.25, -0.2) is 9.37 Å². The van der Waals surface area contributed by atoms with E-state index < -0.39 is 11.4 Å². The molecule has 1 amide bonds. The third-order valence-corrected chi connectivity index (χ3v) is 3.84. The molecular weight excluding hydrogens is 321 g/mol. The number of halogens is 1. The smallest absolute Gasteiger partial charge is 0.256 e. The Hall–Kier alpha value is -3.07. The Morgan fingerprint density at radius 3 is 2.84 bits per heavy atom. The fraction of sp³-hybridized carbons (Fsp3) is 0.263. The number of terminal acetylenes is 1. The molecule has 1 aromatic heterocycles. The van der Waals surface area contributed by atoms with E-state index in [4.69, 9.17) is 11.2 Å². The van der Waals surface area contributed by atoms with Crippen molar-refractivity contribution in [3.8, 4) is 18.1 Å². The summed E-state index contributed by atoms with van der Waals surface area (Å²) in [4.78, 5) is 16.8. The van der Waals surface area contributed by atoms with Crippen LogP contribution in [-0.2, 0) is 0 Å². The molecule has 2 rings (SSSR count). The number of pyridine rings is 1. The molecule has 2 N–H and O–H groups in total. The lowest BCUT2D eigenvalue weighted by Gasteiger charge is -2.24. The van der Waals surface area contributed by atoms with Crippen LogP contribution >= 0.6 is 0 Å². The van der Waals surface area contributed by atoms with Gasteiger partial charge in [-0.1, -0.05) is 12.8 Å². The van der Waals surface area contributed by atoms with Crippen LogP contribution in [0.4, 0.5) is 15.9 Å². The lowest BCUT2D eigenvalue weighted by Crippen LogP contribution is -2.44. The maximum atomic E-state index is 13.6. The number of rotatable bonds is 6. The number of ether oxygens (including phenoxy) is 1. The lowest BCUT2D eigenvalue weighted by atomic mass is 9.99. The molecule has 1 heterocycles. The quantitative estimate of drug-likeness (QED) is 0.790. The molecule has 25 heavy (non-hydrogen) atoms. The molecule has 0 spiro atoms. The molecule has 0 unspecified atom stereocenters. The molecule has 2 aromatic rings. The van der Waals surface area contributed by atoms with Crippen LogP contribution in [0, 0.1) is 18.2 Å². The van der Waals surface area contributed by atoms with Crippen molar-refractivity contribution in [2.45, 2.75) is 25.8 Å². The van der Waals surface area contributed by atoms with Crippen LogP contribution in [0.3, 0.4) is 0 Å². The number of anilines is 2. The summed E-state index contributed by atoms with van der Waals surface area (Å²) in [5.74, 6) is 2.41. The summed E-state index contributed by atoms with van der Waals surface area (Å²) >= 11 is 0. The molecule has 1 atom stereocenters. The normalized spacial score (nSPS) is 12.6. The number of nitrogens with one attached hydrogen (secondary N) is 2. The van der Waals surface area contributed by atoms with E-state index in [1.807, 2.05) is 6.92 Å². The topological polar surface area (TPSA) is 63.2 Å². The van der Waals surface area contributed by atoms with Gasteiger partial charge in [0.1, 0.15) is 17.4 Å². The highest BCUT2D eigenvalue weighted by molar-refractivity contribution is 6.00. The van der Waals surface area contributed by atoms with Crippen LogP contribution in [0.2, 0.25) is 0 Å². The summed E-state index contributed by atoms with van der Waals surface area (Å²) < 4.78 is 18.7. The first kappa shape index (κ1) is 18.3. The van der Waals surface area contributed by atoms with Gasteiger partial charge in [-0.05, 0) is 31.5 Å². The number of methoxy groups -OCH3 is 1. The van der Waals surface area contributed by atoms with Crippen molar-refractivity contribution >= 4 is 17.4 Å². The maximum absolute atomic E-state index is 13.6. The van der Waals surface area contributed by atoms with Gasteiger partial charge in [0.2, 0.25) is 0 Å². The van der Waals surface area contributed by atoms with E-state index in [0.29, 0.717) is 29.2 Å². The number of aromatic nitrogens is 1. The number of nitrogens with zero attached hydrogens (tertiary/aromatic N) is 1. The zero-order valence-corrected chi connectivity index (χ0v) is 14.4. The molecule has 0 aliphatic carbocycles. The number of amides is 1. The van der Waals surface area contributed by atoms with Crippen LogP contribution in [0.5, 0.6) is 5.75 Å². The Kier molecular flexibility index (Phi) is 5.60. The van der Waals surface area contributed by atoms with Crippen molar-refractivity contribution in [1.82, 2.24) is 10.3 Å². The third kappa shape index (κ3) is 4.48. The predicted octanol–water partition coefficient (Wildman–Crippen LogP) is 3.50. The van der Waals surface area contributed by atoms with Gasteiger partial charge in [0.25, 0.3) is 5.91 Å². The molecule has 130 valence electrons. The van der Waals surface area contributed by atoms with Gasteiger partial charge in [0, 0.05) is 24.0 Å². The van der Waals surface area contributed by atoms with Crippen molar-refractivity contribution in [3.05, 3.63) is 47.9 Å². The van der Waals surface area contributed by atoms with Crippen LogP contribution in [-0.4, -0.2) is 23.5 Å². The second-order valence-corrected chi connectivity index (χ2v) is 5.69. The molecule has 6 heteroatoms. The number of carbonyl (C=O) groups excluding carboxylic acids is 1. The summed E-state index contributed by atoms with van der Waals surface area (Å²) in [6.07, 6.45) is 7.62. The highest BCUT2D eigenvalue weighted by Crippen LogP contribution is 2.24. The van der Waals surface area contributed by atoms with E-state index in [0.717, 1.165) is 0 Å². The minimum absolute atomic E-state index is 0.295. The van der Waals surface area contributed by atoms with Crippen LogP contribution in [0.25, 0.3) is 0 Å². The highest BCUT2D eigenvalue weighted by atomic mass is 19.1. The van der Waals surface area contributed by atoms with Crippen molar-refractivity contribution in [1.29, 1.82) is 0 Å². The molecule has 0 bridgehead atoms. The Balaban J connectivity index is 2.31. The molecule has 0 saturated heterocycles. The SMILES string of the molecule is C#C[C@@](C)(CC)NC(=O)c1cccnc1Nc1cc(F)cc(OC)c1.